The molecule has 6 nitrogen and oxygen atoms in total. The van der Waals surface area contributed by atoms with Crippen LogP contribution in [0.2, 0.25) is 0 Å². The minimum atomic E-state index is -1.03. The summed E-state index contributed by atoms with van der Waals surface area (Å²) in [5, 5.41) is 9.51. The zero-order valence-electron chi connectivity index (χ0n) is 9.14. The smallest absolute Gasteiger partial charge is 0.339 e. The number of hydrogen-bond acceptors (Lipinski definition) is 4. The molecule has 1 aliphatic heterocycles. The number of aliphatic hydroxyl groups is 1. The van der Waals surface area contributed by atoms with Gasteiger partial charge < -0.3 is 10.0 Å². The fourth-order valence-corrected chi connectivity index (χ4v) is 1.53. The molecule has 16 heavy (non-hydrogen) atoms. The Labute approximate surface area is 93.4 Å². The molecule has 0 saturated carbocycles. The van der Waals surface area contributed by atoms with Crippen molar-refractivity contribution in [2.24, 2.45) is 0 Å². The lowest BCUT2D eigenvalue weighted by Gasteiger charge is -2.19. The number of amides is 2. The van der Waals surface area contributed by atoms with Crippen LogP contribution in [0.3, 0.4) is 0 Å². The summed E-state index contributed by atoms with van der Waals surface area (Å²) in [5.74, 6) is 0. The quantitative estimate of drug-likeness (QED) is 0.662. The molecule has 1 heterocycles. The molecule has 1 aromatic carbocycles. The molecule has 1 unspecified atom stereocenters. The van der Waals surface area contributed by atoms with Crippen LogP contribution in [-0.2, 0) is 0 Å². The molecule has 0 radical (unpaired) electrons. The molecule has 1 aromatic rings. The normalized spacial score (nSPS) is 19.8. The van der Waals surface area contributed by atoms with E-state index in [0.29, 0.717) is 5.69 Å². The number of carbonyl (C=O) groups is 1. The minimum Gasteiger partial charge on any atom is -0.378 e. The van der Waals surface area contributed by atoms with E-state index in [2.05, 4.69) is 10.9 Å². The topological polar surface area (TPSA) is 67.8 Å². The molecular weight excluding hydrogens is 208 g/mol. The first-order valence-corrected chi connectivity index (χ1v) is 4.90. The highest BCUT2D eigenvalue weighted by Gasteiger charge is 2.29. The molecule has 0 spiro atoms. The Morgan fingerprint density at radius 3 is 2.38 bits per heavy atom. The van der Waals surface area contributed by atoms with E-state index < -0.39 is 6.35 Å². The first kappa shape index (κ1) is 10.7. The number of aliphatic hydroxyl groups excluding tert-OH is 1. The molecular formula is C10H14N4O2. The largest absolute Gasteiger partial charge is 0.378 e. The van der Waals surface area contributed by atoms with Gasteiger partial charge in [-0.3, -0.25) is 10.3 Å². The Balaban J connectivity index is 2.24. The van der Waals surface area contributed by atoms with Gasteiger partial charge in [0.15, 0.2) is 0 Å². The van der Waals surface area contributed by atoms with E-state index in [4.69, 9.17) is 0 Å². The highest BCUT2D eigenvalue weighted by Crippen LogP contribution is 2.21. The number of nitrogens with one attached hydrogen (secondary N) is 2. The Hall–Kier alpha value is -1.79. The predicted molar refractivity (Wildman–Crippen MR) is 60.9 cm³/mol. The van der Waals surface area contributed by atoms with Crippen LogP contribution in [0.4, 0.5) is 16.2 Å². The van der Waals surface area contributed by atoms with Gasteiger partial charge in [0.1, 0.15) is 0 Å². The van der Waals surface area contributed by atoms with E-state index in [1.54, 1.807) is 12.1 Å². The summed E-state index contributed by atoms with van der Waals surface area (Å²) in [7, 11) is 3.88. The lowest BCUT2D eigenvalue weighted by molar-refractivity contribution is 0.155. The van der Waals surface area contributed by atoms with Crippen molar-refractivity contribution in [1.29, 1.82) is 0 Å². The number of carbonyl (C=O) groups excluding carboxylic acids is 1. The molecule has 0 bridgehead atoms. The van der Waals surface area contributed by atoms with Gasteiger partial charge in [-0.25, -0.2) is 4.79 Å². The van der Waals surface area contributed by atoms with E-state index in [1.165, 1.54) is 4.90 Å². The summed E-state index contributed by atoms with van der Waals surface area (Å²) in [6, 6.07) is 6.96. The number of nitrogens with zero attached hydrogens (tertiary/aromatic N) is 2. The maximum absolute atomic E-state index is 11.4. The third-order valence-electron chi connectivity index (χ3n) is 2.42. The summed E-state index contributed by atoms with van der Waals surface area (Å²) in [5.41, 5.74) is 6.43. The fraction of sp³-hybridized carbons (Fsp3) is 0.300. The molecule has 6 heteroatoms. The minimum absolute atomic E-state index is 0.370. The van der Waals surface area contributed by atoms with E-state index in [-0.39, 0.29) is 6.03 Å². The molecule has 0 aromatic heterocycles. The monoisotopic (exact) mass is 222 g/mol. The molecule has 3 N–H and O–H groups in total. The van der Waals surface area contributed by atoms with Crippen LogP contribution in [-0.4, -0.2) is 31.6 Å². The van der Waals surface area contributed by atoms with Crippen molar-refractivity contribution >= 4 is 17.4 Å². The van der Waals surface area contributed by atoms with Gasteiger partial charge >= 0.3 is 6.03 Å². The van der Waals surface area contributed by atoms with Crippen molar-refractivity contribution in [3.63, 3.8) is 0 Å². The summed E-state index contributed by atoms with van der Waals surface area (Å²) in [6.45, 7) is 0. The van der Waals surface area contributed by atoms with Gasteiger partial charge in [0, 0.05) is 25.5 Å². The van der Waals surface area contributed by atoms with Crippen LogP contribution < -0.4 is 20.7 Å². The van der Waals surface area contributed by atoms with Gasteiger partial charge in [0.2, 0.25) is 6.35 Å². The van der Waals surface area contributed by atoms with Crippen molar-refractivity contribution in [3.05, 3.63) is 24.3 Å². The Morgan fingerprint density at radius 2 is 1.94 bits per heavy atom. The van der Waals surface area contributed by atoms with Crippen molar-refractivity contribution in [2.45, 2.75) is 6.35 Å². The van der Waals surface area contributed by atoms with Crippen molar-refractivity contribution in [2.75, 3.05) is 23.9 Å². The molecule has 1 aliphatic rings. The van der Waals surface area contributed by atoms with E-state index in [0.717, 1.165) is 5.69 Å². The average molecular weight is 222 g/mol. The third-order valence-corrected chi connectivity index (χ3v) is 2.42. The maximum atomic E-state index is 11.4. The molecule has 0 aliphatic carbocycles. The lowest BCUT2D eigenvalue weighted by Crippen LogP contribution is -2.36. The average Bonchev–Trinajstić information content (AvgIpc) is 2.59. The number of anilines is 2. The standard InChI is InChI=1S/C10H14N4O2/c1-13(2)7-3-5-8(6-4-7)14-9(15)11-12-10(14)16/h3-6,9,11,15H,1-2H3,(H,12,16). The van der Waals surface area contributed by atoms with Gasteiger partial charge in [-0.2, -0.15) is 5.43 Å². The second-order valence-corrected chi connectivity index (χ2v) is 3.73. The highest BCUT2D eigenvalue weighted by atomic mass is 16.3. The molecule has 2 amide bonds. The number of rotatable bonds is 2. The Kier molecular flexibility index (Phi) is 2.67. The Bertz CT molecular complexity index is 390. The van der Waals surface area contributed by atoms with Crippen LogP contribution in [0.1, 0.15) is 0 Å². The van der Waals surface area contributed by atoms with E-state index in [1.807, 2.05) is 31.1 Å². The van der Waals surface area contributed by atoms with E-state index in [9.17, 15) is 9.90 Å². The summed E-state index contributed by atoms with van der Waals surface area (Å²) in [6.07, 6.45) is -1.03. The summed E-state index contributed by atoms with van der Waals surface area (Å²) in [4.78, 5) is 14.6. The zero-order valence-corrected chi connectivity index (χ0v) is 9.14. The molecule has 1 saturated heterocycles. The van der Waals surface area contributed by atoms with Crippen LogP contribution in [0.15, 0.2) is 24.3 Å². The number of hydrogen-bond donors (Lipinski definition) is 3. The van der Waals surface area contributed by atoms with Crippen LogP contribution in [0, 0.1) is 0 Å². The summed E-state index contributed by atoms with van der Waals surface area (Å²) >= 11 is 0. The van der Waals surface area contributed by atoms with Crippen molar-refractivity contribution < 1.29 is 9.90 Å². The van der Waals surface area contributed by atoms with Crippen molar-refractivity contribution in [1.82, 2.24) is 10.9 Å². The predicted octanol–water partition coefficient (Wildman–Crippen LogP) is 0.0627. The fourth-order valence-electron chi connectivity index (χ4n) is 1.53. The molecule has 2 rings (SSSR count). The first-order valence-electron chi connectivity index (χ1n) is 4.90. The number of hydrazine groups is 1. The van der Waals surface area contributed by atoms with Crippen molar-refractivity contribution in [3.8, 4) is 0 Å². The second-order valence-electron chi connectivity index (χ2n) is 3.73. The highest BCUT2D eigenvalue weighted by molar-refractivity contribution is 5.93. The van der Waals surface area contributed by atoms with Gasteiger partial charge in [0.25, 0.3) is 0 Å². The molecule has 86 valence electrons. The van der Waals surface area contributed by atoms with E-state index >= 15 is 0 Å². The van der Waals surface area contributed by atoms with Gasteiger partial charge in [-0.05, 0) is 24.3 Å². The molecule has 1 fully saturated rings. The maximum Gasteiger partial charge on any atom is 0.339 e. The second kappa shape index (κ2) is 3.99. The van der Waals surface area contributed by atoms with Gasteiger partial charge in [0.05, 0.1) is 0 Å². The SMILES string of the molecule is CN(C)c1ccc(N2C(=O)NNC2O)cc1. The Morgan fingerprint density at radius 1 is 1.31 bits per heavy atom. The van der Waals surface area contributed by atoms with Crippen LogP contribution in [0.25, 0.3) is 0 Å². The van der Waals surface area contributed by atoms with Crippen LogP contribution >= 0.6 is 0 Å². The number of urea groups is 1. The lowest BCUT2D eigenvalue weighted by atomic mass is 10.2. The number of benzene rings is 1. The van der Waals surface area contributed by atoms with Gasteiger partial charge in [-0.1, -0.05) is 0 Å². The van der Waals surface area contributed by atoms with Gasteiger partial charge in [-0.15, -0.1) is 0 Å². The molecule has 1 atom stereocenters. The zero-order chi connectivity index (χ0) is 11.7. The van der Waals surface area contributed by atoms with Crippen LogP contribution in [0.5, 0.6) is 0 Å². The first-order chi connectivity index (χ1) is 7.59. The third kappa shape index (κ3) is 1.80. The summed E-state index contributed by atoms with van der Waals surface area (Å²) < 4.78 is 0.